The molecule has 0 spiro atoms. The van der Waals surface area contributed by atoms with E-state index >= 15 is 0 Å². The van der Waals surface area contributed by atoms with Crippen LogP contribution in [0.25, 0.3) is 0 Å². The van der Waals surface area contributed by atoms with Crippen LogP contribution in [0.5, 0.6) is 5.75 Å². The molecule has 0 saturated carbocycles. The largest absolute Gasteiger partial charge is 0.484 e. The second-order valence-corrected chi connectivity index (χ2v) is 11.1. The third-order valence-electron chi connectivity index (χ3n) is 7.52. The lowest BCUT2D eigenvalue weighted by Crippen LogP contribution is -2.58. The number of hydrogen-bond donors (Lipinski definition) is 4. The molecule has 5 rings (SSSR count). The van der Waals surface area contributed by atoms with E-state index in [0.717, 1.165) is 11.1 Å². The van der Waals surface area contributed by atoms with Gasteiger partial charge in [-0.05, 0) is 48.9 Å². The van der Waals surface area contributed by atoms with E-state index in [0.29, 0.717) is 25.1 Å². The van der Waals surface area contributed by atoms with E-state index in [-0.39, 0.29) is 37.3 Å². The zero-order chi connectivity index (χ0) is 30.2. The predicted octanol–water partition coefficient (Wildman–Crippen LogP) is 1.06. The number of fused-ring (bicyclic) bond motifs is 13. The highest BCUT2D eigenvalue weighted by Gasteiger charge is 2.39. The molecule has 11 heteroatoms. The van der Waals surface area contributed by atoms with E-state index in [4.69, 9.17) is 4.74 Å². The van der Waals surface area contributed by atoms with Crippen LogP contribution in [0, 0.1) is 5.92 Å². The predicted molar refractivity (Wildman–Crippen MR) is 155 cm³/mol. The van der Waals surface area contributed by atoms with Gasteiger partial charge in [0.1, 0.15) is 29.9 Å². The van der Waals surface area contributed by atoms with E-state index < -0.39 is 41.9 Å². The molecule has 3 aliphatic heterocycles. The van der Waals surface area contributed by atoms with E-state index in [1.54, 1.807) is 31.2 Å². The average Bonchev–Trinajstić information content (AvgIpc) is 3.48. The molecule has 0 aromatic heterocycles. The maximum Gasteiger partial charge on any atom is 0.258 e. The lowest BCUT2D eigenvalue weighted by Gasteiger charge is -2.31. The van der Waals surface area contributed by atoms with Crippen molar-refractivity contribution in [3.8, 4) is 5.75 Å². The number of benzene rings is 2. The van der Waals surface area contributed by atoms with Gasteiger partial charge in [-0.15, -0.1) is 0 Å². The smallest absolute Gasteiger partial charge is 0.258 e. The van der Waals surface area contributed by atoms with Crippen LogP contribution in [-0.2, 0) is 36.9 Å². The monoisotopic (exact) mass is 577 g/mol. The quantitative estimate of drug-likeness (QED) is 0.428. The van der Waals surface area contributed by atoms with Crippen LogP contribution in [0.15, 0.2) is 54.6 Å². The highest BCUT2D eigenvalue weighted by Crippen LogP contribution is 2.21. The van der Waals surface area contributed by atoms with Crippen molar-refractivity contribution in [1.82, 2.24) is 26.2 Å². The molecule has 42 heavy (non-hydrogen) atoms. The Balaban J connectivity index is 1.57. The molecular weight excluding hydrogens is 538 g/mol. The Hall–Kier alpha value is -4.41. The van der Waals surface area contributed by atoms with Crippen molar-refractivity contribution in [2.45, 2.75) is 70.7 Å². The molecule has 2 aromatic carbocycles. The Morgan fingerprint density at radius 2 is 1.69 bits per heavy atom. The summed E-state index contributed by atoms with van der Waals surface area (Å²) in [6, 6.07) is 12.8. The lowest BCUT2D eigenvalue weighted by molar-refractivity contribution is -0.143. The number of hydrogen-bond acceptors (Lipinski definition) is 6. The minimum atomic E-state index is -0.960. The average molecular weight is 578 g/mol. The fourth-order valence-corrected chi connectivity index (χ4v) is 5.11. The van der Waals surface area contributed by atoms with Crippen molar-refractivity contribution in [1.29, 1.82) is 0 Å². The van der Waals surface area contributed by atoms with E-state index in [1.165, 1.54) is 4.90 Å². The second kappa shape index (κ2) is 14.0. The van der Waals surface area contributed by atoms with Crippen molar-refractivity contribution >= 4 is 29.5 Å². The Bertz CT molecular complexity index is 1280. The van der Waals surface area contributed by atoms with Gasteiger partial charge in [-0.2, -0.15) is 0 Å². The molecule has 4 atom stereocenters. The van der Waals surface area contributed by atoms with Gasteiger partial charge in [-0.25, -0.2) is 0 Å². The summed E-state index contributed by atoms with van der Waals surface area (Å²) < 4.78 is 5.65. The fourth-order valence-electron chi connectivity index (χ4n) is 5.11. The zero-order valence-electron chi connectivity index (χ0n) is 24.2. The molecular formula is C31H39N5O6. The van der Waals surface area contributed by atoms with Crippen molar-refractivity contribution < 1.29 is 28.7 Å². The molecule has 3 heterocycles. The summed E-state index contributed by atoms with van der Waals surface area (Å²) in [5.74, 6) is -1.96. The number of carbonyl (C=O) groups is 5. The van der Waals surface area contributed by atoms with Gasteiger partial charge in [0.05, 0.1) is 0 Å². The number of ether oxygens (including phenoxy) is 1. The van der Waals surface area contributed by atoms with Crippen molar-refractivity contribution in [2.24, 2.45) is 5.92 Å². The summed E-state index contributed by atoms with van der Waals surface area (Å²) in [5.41, 5.74) is 1.67. The summed E-state index contributed by atoms with van der Waals surface area (Å²) >= 11 is 0. The first-order chi connectivity index (χ1) is 20.1. The highest BCUT2D eigenvalue weighted by atomic mass is 16.5. The number of nitrogens with zero attached hydrogens (tertiary/aromatic N) is 1. The van der Waals surface area contributed by atoms with E-state index in [2.05, 4.69) is 21.3 Å². The van der Waals surface area contributed by atoms with Gasteiger partial charge in [0.2, 0.25) is 23.6 Å². The fraction of sp³-hybridized carbons (Fsp3) is 0.452. The Morgan fingerprint density at radius 1 is 0.976 bits per heavy atom. The van der Waals surface area contributed by atoms with Gasteiger partial charge < -0.3 is 30.9 Å². The van der Waals surface area contributed by atoms with E-state index in [1.807, 2.05) is 44.2 Å². The number of carbonyl (C=O) groups excluding carboxylic acids is 5. The lowest BCUT2D eigenvalue weighted by atomic mass is 10.0. The van der Waals surface area contributed by atoms with Gasteiger partial charge >= 0.3 is 0 Å². The van der Waals surface area contributed by atoms with Crippen molar-refractivity contribution in [3.63, 3.8) is 0 Å². The molecule has 0 radical (unpaired) electrons. The molecule has 0 unspecified atom stereocenters. The third-order valence-corrected chi connectivity index (χ3v) is 7.52. The van der Waals surface area contributed by atoms with Gasteiger partial charge in [0.25, 0.3) is 5.91 Å². The van der Waals surface area contributed by atoms with E-state index in [9.17, 15) is 24.0 Å². The molecule has 0 aliphatic carbocycles. The molecule has 11 nitrogen and oxygen atoms in total. The Labute approximate surface area is 245 Å². The van der Waals surface area contributed by atoms with Crippen LogP contribution >= 0.6 is 0 Å². The molecule has 1 saturated heterocycles. The molecule has 1 fully saturated rings. The number of amides is 5. The molecule has 2 aromatic rings. The standard InChI is InChI=1S/C31H39N5O6/c1-19(2)27-31(41)36-15-7-10-25(36)30(40)33-20(3)28(38)34-24(29(39)32-17-22-8-5-4-6-9-22)16-21-11-13-23(14-12-21)42-18-26(37)35-27/h4-6,8-9,11-14,19-20,24-25,27H,7,10,15-18H2,1-3H3,(H,32,39)(H,33,40)(H,34,38)(H,35,37)/t20-,24-,25+,27-/m0/s1. The summed E-state index contributed by atoms with van der Waals surface area (Å²) in [7, 11) is 0. The zero-order valence-corrected chi connectivity index (χ0v) is 24.2. The van der Waals surface area contributed by atoms with Crippen LogP contribution < -0.4 is 26.0 Å². The minimum Gasteiger partial charge on any atom is -0.484 e. The molecule has 2 bridgehead atoms. The van der Waals surface area contributed by atoms with Crippen molar-refractivity contribution in [2.75, 3.05) is 13.2 Å². The van der Waals surface area contributed by atoms with Crippen LogP contribution in [0.2, 0.25) is 0 Å². The van der Waals surface area contributed by atoms with Gasteiger partial charge in [0, 0.05) is 19.5 Å². The number of nitrogens with one attached hydrogen (secondary N) is 4. The van der Waals surface area contributed by atoms with Gasteiger partial charge in [-0.1, -0.05) is 56.3 Å². The van der Waals surface area contributed by atoms with Crippen LogP contribution in [0.4, 0.5) is 0 Å². The first kappa shape index (κ1) is 30.5. The highest BCUT2D eigenvalue weighted by molar-refractivity contribution is 5.96. The normalized spacial score (nSPS) is 24.0. The second-order valence-electron chi connectivity index (χ2n) is 11.1. The van der Waals surface area contributed by atoms with Crippen molar-refractivity contribution in [3.05, 3.63) is 65.7 Å². The van der Waals surface area contributed by atoms with Gasteiger partial charge in [0.15, 0.2) is 6.61 Å². The van der Waals surface area contributed by atoms with Gasteiger partial charge in [-0.3, -0.25) is 24.0 Å². The minimum absolute atomic E-state index is 0.189. The summed E-state index contributed by atoms with van der Waals surface area (Å²) in [4.78, 5) is 67.4. The van der Waals surface area contributed by atoms with Crippen LogP contribution in [0.3, 0.4) is 0 Å². The Kier molecular flexibility index (Phi) is 10.2. The SMILES string of the molecule is CC(C)[C@@H]1NC(=O)COc2ccc(cc2)C[C@@H](C(=O)NCc2ccccc2)NC(=O)[C@H](C)NC(=O)[C@H]2CCCN2C1=O. The topological polar surface area (TPSA) is 146 Å². The van der Waals surface area contributed by atoms with Crippen LogP contribution in [-0.4, -0.2) is 71.8 Å². The molecule has 224 valence electrons. The molecule has 3 aliphatic rings. The Morgan fingerprint density at radius 3 is 2.38 bits per heavy atom. The summed E-state index contributed by atoms with van der Waals surface area (Å²) in [6.45, 7) is 5.54. The third kappa shape index (κ3) is 7.86. The summed E-state index contributed by atoms with van der Waals surface area (Å²) in [5, 5.41) is 11.1. The first-order valence-electron chi connectivity index (χ1n) is 14.4. The number of rotatable bonds is 4. The summed E-state index contributed by atoms with van der Waals surface area (Å²) in [6.07, 6.45) is 1.24. The van der Waals surface area contributed by atoms with Crippen LogP contribution in [0.1, 0.15) is 44.7 Å². The first-order valence-corrected chi connectivity index (χ1v) is 14.4. The molecule has 4 N–H and O–H groups in total. The molecule has 5 amide bonds. The maximum absolute atomic E-state index is 13.5. The maximum atomic E-state index is 13.5.